The summed E-state index contributed by atoms with van der Waals surface area (Å²) in [6.45, 7) is 2.19. The number of benzene rings is 1. The van der Waals surface area contributed by atoms with Gasteiger partial charge in [0.05, 0.1) is 6.42 Å². The Balaban J connectivity index is 1.60. The minimum absolute atomic E-state index is 0.0284. The maximum absolute atomic E-state index is 10.9. The summed E-state index contributed by atoms with van der Waals surface area (Å²) in [5.41, 5.74) is 0. The molecule has 5 heteroatoms. The van der Waals surface area contributed by atoms with Crippen molar-refractivity contribution < 1.29 is 19.4 Å². The van der Waals surface area contributed by atoms with Gasteiger partial charge in [-0.3, -0.25) is 9.69 Å². The molecule has 0 amide bonds. The lowest BCUT2D eigenvalue weighted by molar-refractivity contribution is -0.138. The van der Waals surface area contributed by atoms with Gasteiger partial charge in [-0.05, 0) is 31.5 Å². The molecule has 2 heterocycles. The number of rotatable bonds is 4. The molecule has 0 aliphatic carbocycles. The zero-order valence-electron chi connectivity index (χ0n) is 11.3. The molecule has 0 bridgehead atoms. The molecule has 108 valence electrons. The third-order valence-electron chi connectivity index (χ3n) is 3.91. The zero-order chi connectivity index (χ0) is 13.9. The lowest BCUT2D eigenvalue weighted by atomic mass is 10.1. The van der Waals surface area contributed by atoms with Gasteiger partial charge in [0.15, 0.2) is 11.5 Å². The van der Waals surface area contributed by atoms with Crippen LogP contribution in [0.3, 0.4) is 0 Å². The van der Waals surface area contributed by atoms with E-state index in [1.165, 1.54) is 0 Å². The topological polar surface area (TPSA) is 59.0 Å². The number of aliphatic carboxylic acids is 1. The molecule has 1 fully saturated rings. The van der Waals surface area contributed by atoms with Gasteiger partial charge in [0.2, 0.25) is 0 Å². The molecule has 2 aliphatic heterocycles. The highest BCUT2D eigenvalue weighted by Crippen LogP contribution is 2.31. The third kappa shape index (κ3) is 2.88. The summed E-state index contributed by atoms with van der Waals surface area (Å²) in [6, 6.07) is 7.78. The first-order valence-corrected chi connectivity index (χ1v) is 7.06. The maximum Gasteiger partial charge on any atom is 0.304 e. The summed E-state index contributed by atoms with van der Waals surface area (Å²) >= 11 is 0. The highest BCUT2D eigenvalue weighted by atomic mass is 16.6. The fourth-order valence-corrected chi connectivity index (χ4v) is 2.98. The second kappa shape index (κ2) is 5.71. The van der Waals surface area contributed by atoms with Crippen LogP contribution < -0.4 is 9.47 Å². The molecule has 1 aromatic carbocycles. The Morgan fingerprint density at radius 2 is 2.15 bits per heavy atom. The summed E-state index contributed by atoms with van der Waals surface area (Å²) in [4.78, 5) is 13.1. The van der Waals surface area contributed by atoms with Crippen molar-refractivity contribution in [3.63, 3.8) is 0 Å². The van der Waals surface area contributed by atoms with E-state index in [1.54, 1.807) is 0 Å². The number of likely N-dealkylation sites (tertiary alicyclic amines) is 1. The van der Waals surface area contributed by atoms with Crippen molar-refractivity contribution in [3.8, 4) is 11.5 Å². The molecule has 2 unspecified atom stereocenters. The van der Waals surface area contributed by atoms with E-state index in [0.29, 0.717) is 6.61 Å². The second-order valence-corrected chi connectivity index (χ2v) is 5.39. The average Bonchev–Trinajstić information content (AvgIpc) is 2.85. The number of carbonyl (C=O) groups is 1. The predicted molar refractivity (Wildman–Crippen MR) is 73.2 cm³/mol. The molecule has 2 atom stereocenters. The smallest absolute Gasteiger partial charge is 0.304 e. The first-order valence-electron chi connectivity index (χ1n) is 7.06. The van der Waals surface area contributed by atoms with Crippen LogP contribution in [0.2, 0.25) is 0 Å². The van der Waals surface area contributed by atoms with Crippen molar-refractivity contribution in [2.75, 3.05) is 19.7 Å². The van der Waals surface area contributed by atoms with Crippen LogP contribution in [0.5, 0.6) is 11.5 Å². The SMILES string of the molecule is O=C(O)CC1CCCN1CC1COc2ccccc2O1. The normalized spacial score (nSPS) is 25.6. The van der Waals surface area contributed by atoms with Crippen LogP contribution in [0.15, 0.2) is 24.3 Å². The van der Waals surface area contributed by atoms with Gasteiger partial charge < -0.3 is 14.6 Å². The minimum atomic E-state index is -0.729. The first kappa shape index (κ1) is 13.2. The van der Waals surface area contributed by atoms with Crippen LogP contribution in [-0.4, -0.2) is 47.8 Å². The van der Waals surface area contributed by atoms with E-state index in [9.17, 15) is 4.79 Å². The van der Waals surface area contributed by atoms with Gasteiger partial charge in [-0.1, -0.05) is 12.1 Å². The van der Waals surface area contributed by atoms with Gasteiger partial charge in [-0.2, -0.15) is 0 Å². The summed E-state index contributed by atoms with van der Waals surface area (Å²) in [5, 5.41) is 8.95. The average molecular weight is 277 g/mol. The van der Waals surface area contributed by atoms with Gasteiger partial charge in [0.25, 0.3) is 0 Å². The fraction of sp³-hybridized carbons (Fsp3) is 0.533. The minimum Gasteiger partial charge on any atom is -0.486 e. The van der Waals surface area contributed by atoms with Crippen LogP contribution in [-0.2, 0) is 4.79 Å². The van der Waals surface area contributed by atoms with Crippen molar-refractivity contribution in [1.82, 2.24) is 4.90 Å². The molecule has 5 nitrogen and oxygen atoms in total. The Labute approximate surface area is 118 Å². The largest absolute Gasteiger partial charge is 0.486 e. The van der Waals surface area contributed by atoms with Crippen LogP contribution in [0.25, 0.3) is 0 Å². The van der Waals surface area contributed by atoms with Crippen molar-refractivity contribution in [3.05, 3.63) is 24.3 Å². The molecule has 3 rings (SSSR count). The van der Waals surface area contributed by atoms with E-state index in [4.69, 9.17) is 14.6 Å². The number of para-hydroxylation sites is 2. The molecule has 1 aromatic rings. The predicted octanol–water partition coefficient (Wildman–Crippen LogP) is 1.77. The Bertz CT molecular complexity index is 491. The second-order valence-electron chi connectivity index (χ2n) is 5.39. The molecule has 1 N–H and O–H groups in total. The third-order valence-corrected chi connectivity index (χ3v) is 3.91. The molecule has 2 aliphatic rings. The number of hydrogen-bond acceptors (Lipinski definition) is 4. The van der Waals surface area contributed by atoms with Gasteiger partial charge in [0.1, 0.15) is 12.7 Å². The summed E-state index contributed by atoms with van der Waals surface area (Å²) < 4.78 is 11.6. The molecule has 0 spiro atoms. The van der Waals surface area contributed by atoms with E-state index in [2.05, 4.69) is 4.90 Å². The number of nitrogens with zero attached hydrogens (tertiary/aromatic N) is 1. The molecular weight excluding hydrogens is 258 g/mol. The van der Waals surface area contributed by atoms with Gasteiger partial charge in [-0.15, -0.1) is 0 Å². The van der Waals surface area contributed by atoms with E-state index < -0.39 is 5.97 Å². The molecule has 20 heavy (non-hydrogen) atoms. The lowest BCUT2D eigenvalue weighted by Crippen LogP contribution is -2.43. The van der Waals surface area contributed by atoms with Crippen molar-refractivity contribution in [2.24, 2.45) is 0 Å². The van der Waals surface area contributed by atoms with Gasteiger partial charge >= 0.3 is 5.97 Å². The Morgan fingerprint density at radius 1 is 1.35 bits per heavy atom. The molecule has 0 aromatic heterocycles. The lowest BCUT2D eigenvalue weighted by Gasteiger charge is -2.31. The standard InChI is InChI=1S/C15H19NO4/c17-15(18)8-11-4-3-7-16(11)9-12-10-19-13-5-1-2-6-14(13)20-12/h1-2,5-6,11-12H,3-4,7-10H2,(H,17,18). The van der Waals surface area contributed by atoms with Gasteiger partial charge in [0, 0.05) is 12.6 Å². The fourth-order valence-electron chi connectivity index (χ4n) is 2.98. The first-order chi connectivity index (χ1) is 9.72. The van der Waals surface area contributed by atoms with E-state index in [0.717, 1.165) is 37.4 Å². The van der Waals surface area contributed by atoms with Gasteiger partial charge in [-0.25, -0.2) is 0 Å². The van der Waals surface area contributed by atoms with Crippen LogP contribution in [0.4, 0.5) is 0 Å². The number of ether oxygens (including phenoxy) is 2. The summed E-state index contributed by atoms with van der Waals surface area (Å²) in [7, 11) is 0. The number of fused-ring (bicyclic) bond motifs is 1. The Kier molecular flexibility index (Phi) is 3.78. The maximum atomic E-state index is 10.9. The van der Waals surface area contributed by atoms with Crippen LogP contribution >= 0.6 is 0 Å². The summed E-state index contributed by atoms with van der Waals surface area (Å²) in [5.74, 6) is 0.832. The Hall–Kier alpha value is -1.75. The molecular formula is C15H19NO4. The molecule has 1 saturated heterocycles. The Morgan fingerprint density at radius 3 is 2.95 bits per heavy atom. The van der Waals surface area contributed by atoms with Crippen molar-refractivity contribution in [1.29, 1.82) is 0 Å². The highest BCUT2D eigenvalue weighted by Gasteiger charge is 2.30. The summed E-state index contributed by atoms with van der Waals surface area (Å²) in [6.07, 6.45) is 2.20. The zero-order valence-corrected chi connectivity index (χ0v) is 11.3. The quantitative estimate of drug-likeness (QED) is 0.909. The molecule has 0 saturated carbocycles. The van der Waals surface area contributed by atoms with E-state index >= 15 is 0 Å². The molecule has 0 radical (unpaired) electrons. The monoisotopic (exact) mass is 277 g/mol. The highest BCUT2D eigenvalue weighted by molar-refractivity contribution is 5.67. The van der Waals surface area contributed by atoms with Crippen LogP contribution in [0, 0.1) is 0 Å². The van der Waals surface area contributed by atoms with Crippen molar-refractivity contribution >= 4 is 5.97 Å². The number of hydrogen-bond donors (Lipinski definition) is 1. The van der Waals surface area contributed by atoms with Crippen LogP contribution in [0.1, 0.15) is 19.3 Å². The van der Waals surface area contributed by atoms with E-state index in [1.807, 2.05) is 24.3 Å². The van der Waals surface area contributed by atoms with Crippen molar-refractivity contribution in [2.45, 2.75) is 31.4 Å². The number of carboxylic acid groups (broad SMARTS) is 1. The number of carboxylic acids is 1. The van der Waals surface area contributed by atoms with E-state index in [-0.39, 0.29) is 18.6 Å².